The van der Waals surface area contributed by atoms with Gasteiger partial charge in [-0.05, 0) is 17.2 Å². The predicted octanol–water partition coefficient (Wildman–Crippen LogP) is 3.36. The molecule has 1 heterocycles. The Morgan fingerprint density at radius 3 is 2.60 bits per heavy atom. The van der Waals surface area contributed by atoms with Gasteiger partial charge in [-0.15, -0.1) is 0 Å². The van der Waals surface area contributed by atoms with Gasteiger partial charge in [0.15, 0.2) is 0 Å². The lowest BCUT2D eigenvalue weighted by molar-refractivity contribution is 0.238. The number of hydrogen-bond acceptors (Lipinski definition) is 1. The molecule has 74 valence electrons. The van der Waals surface area contributed by atoms with Crippen LogP contribution in [0.25, 0.3) is 0 Å². The van der Waals surface area contributed by atoms with Crippen LogP contribution >= 0.6 is 0 Å². The second-order valence-corrected chi connectivity index (χ2v) is 3.51. The average molecular weight is 198 g/mol. The molecule has 3 rings (SSSR count). The summed E-state index contributed by atoms with van der Waals surface area (Å²) >= 11 is 0. The minimum atomic E-state index is -1.33. The molecule has 2 aromatic carbocycles. The zero-order valence-electron chi connectivity index (χ0n) is 10.2. The van der Waals surface area contributed by atoms with E-state index < -0.39 is 12.5 Å². The maximum Gasteiger partial charge on any atom is 0.128 e. The monoisotopic (exact) mass is 198 g/mol. The molecule has 2 unspecified atom stereocenters. The van der Waals surface area contributed by atoms with Crippen LogP contribution in [0.5, 0.6) is 5.75 Å². The van der Waals surface area contributed by atoms with E-state index in [4.69, 9.17) is 7.48 Å². The highest BCUT2D eigenvalue weighted by Gasteiger charge is 2.23. The summed E-state index contributed by atoms with van der Waals surface area (Å²) in [5.41, 5.74) is 1.50. The van der Waals surface area contributed by atoms with Crippen LogP contribution in [0.4, 0.5) is 0 Å². The summed E-state index contributed by atoms with van der Waals surface area (Å²) in [5.74, 6) is 0.645. The molecule has 0 saturated heterocycles. The van der Waals surface area contributed by atoms with Gasteiger partial charge in [0.2, 0.25) is 0 Å². The first-order valence-electron chi connectivity index (χ1n) is 6.05. The molecular formula is C14H12O. The molecule has 0 amide bonds. The van der Waals surface area contributed by atoms with Gasteiger partial charge in [-0.25, -0.2) is 0 Å². The van der Waals surface area contributed by atoms with Gasteiger partial charge in [-0.2, -0.15) is 0 Å². The molecule has 0 fully saturated rings. The van der Waals surface area contributed by atoms with Crippen LogP contribution in [0.3, 0.4) is 0 Å². The Hall–Kier alpha value is -1.76. The number of para-hydroxylation sites is 1. The molecule has 0 N–H and O–H groups in total. The van der Waals surface area contributed by atoms with Crippen molar-refractivity contribution in [3.05, 3.63) is 65.7 Å². The van der Waals surface area contributed by atoms with Crippen molar-refractivity contribution in [2.24, 2.45) is 0 Å². The quantitative estimate of drug-likeness (QED) is 0.682. The van der Waals surface area contributed by atoms with Crippen LogP contribution < -0.4 is 4.74 Å². The Morgan fingerprint density at radius 2 is 1.80 bits per heavy atom. The number of ether oxygens (including phenoxy) is 1. The molecule has 0 bridgehead atoms. The van der Waals surface area contributed by atoms with Crippen molar-refractivity contribution in [1.29, 1.82) is 0 Å². The van der Waals surface area contributed by atoms with Gasteiger partial charge in [0.25, 0.3) is 0 Å². The first-order valence-corrected chi connectivity index (χ1v) is 4.97. The molecule has 0 aromatic heterocycles. The topological polar surface area (TPSA) is 9.23 Å². The maximum absolute atomic E-state index is 8.40. The van der Waals surface area contributed by atoms with Crippen molar-refractivity contribution in [3.63, 3.8) is 0 Å². The highest BCUT2D eigenvalue weighted by Crippen LogP contribution is 2.35. The predicted molar refractivity (Wildman–Crippen MR) is 60.0 cm³/mol. The fourth-order valence-electron chi connectivity index (χ4n) is 1.73. The van der Waals surface area contributed by atoms with Crippen LogP contribution in [0.2, 0.25) is 0 Å². The van der Waals surface area contributed by atoms with Gasteiger partial charge in [-0.3, -0.25) is 0 Å². The van der Waals surface area contributed by atoms with Crippen molar-refractivity contribution >= 4 is 0 Å². The summed E-state index contributed by atoms with van der Waals surface area (Å²) in [7, 11) is 0. The van der Waals surface area contributed by atoms with Crippen LogP contribution in [-0.2, 0) is 6.40 Å². The van der Waals surface area contributed by atoms with Gasteiger partial charge < -0.3 is 4.74 Å². The smallest absolute Gasteiger partial charge is 0.128 e. The number of fused-ring (bicyclic) bond motifs is 1. The third-order valence-electron chi connectivity index (χ3n) is 2.48. The minimum absolute atomic E-state index is 0.645. The fourth-order valence-corrected chi connectivity index (χ4v) is 1.73. The van der Waals surface area contributed by atoms with Crippen LogP contribution in [0, 0.1) is 0 Å². The molecule has 1 heteroatoms. The number of rotatable bonds is 1. The van der Waals surface area contributed by atoms with E-state index in [1.807, 2.05) is 54.6 Å². The lowest BCUT2D eigenvalue weighted by atomic mass is 10.0. The van der Waals surface area contributed by atoms with Gasteiger partial charge in [-0.1, -0.05) is 48.5 Å². The van der Waals surface area contributed by atoms with Gasteiger partial charge in [0, 0.05) is 7.77 Å². The maximum atomic E-state index is 8.40. The van der Waals surface area contributed by atoms with E-state index in [0.717, 1.165) is 11.1 Å². The third kappa shape index (κ3) is 1.50. The van der Waals surface area contributed by atoms with E-state index in [-0.39, 0.29) is 0 Å². The Kier molecular flexibility index (Phi) is 1.53. The largest absolute Gasteiger partial charge is 0.485 e. The highest BCUT2D eigenvalue weighted by molar-refractivity contribution is 5.39. The van der Waals surface area contributed by atoms with Crippen LogP contribution in [0.1, 0.15) is 19.9 Å². The molecule has 0 spiro atoms. The second kappa shape index (κ2) is 3.43. The molecule has 15 heavy (non-hydrogen) atoms. The fraction of sp³-hybridized carbons (Fsp3) is 0.143. The molecule has 0 aliphatic carbocycles. The Bertz CT molecular complexity index is 541. The van der Waals surface area contributed by atoms with E-state index in [2.05, 4.69) is 0 Å². The average Bonchev–Trinajstić information content (AvgIpc) is 2.65. The Labute approximate surface area is 92.1 Å². The molecule has 1 aliphatic rings. The Morgan fingerprint density at radius 1 is 1.07 bits per heavy atom. The van der Waals surface area contributed by atoms with E-state index in [9.17, 15) is 0 Å². The molecule has 2 atom stereocenters. The minimum Gasteiger partial charge on any atom is -0.485 e. The lowest BCUT2D eigenvalue weighted by Gasteiger charge is -2.10. The van der Waals surface area contributed by atoms with Gasteiger partial charge in [0.1, 0.15) is 11.8 Å². The number of hydrogen-bond donors (Lipinski definition) is 0. The number of benzene rings is 2. The summed E-state index contributed by atoms with van der Waals surface area (Å²) in [6, 6.07) is 16.7. The summed E-state index contributed by atoms with van der Waals surface area (Å²) in [5, 5.41) is 0. The van der Waals surface area contributed by atoms with E-state index in [1.165, 1.54) is 0 Å². The summed E-state index contributed by atoms with van der Waals surface area (Å²) in [6.45, 7) is 0. The third-order valence-corrected chi connectivity index (χ3v) is 2.48. The molecule has 0 saturated carbocycles. The molecular weight excluding hydrogens is 184 g/mol. The molecule has 2 aromatic rings. The van der Waals surface area contributed by atoms with Gasteiger partial charge in [0.05, 0.1) is 1.37 Å². The standard InChI is InChI=1S/C14H12O/c1-2-6-11(7-3-1)14-10-12-8-4-5-9-13(12)15-14/h1-9,14H,10H2/i10D,14D. The molecule has 0 radical (unpaired) electrons. The van der Waals surface area contributed by atoms with E-state index >= 15 is 0 Å². The first kappa shape index (κ1) is 6.67. The zero-order valence-corrected chi connectivity index (χ0v) is 8.18. The normalized spacial score (nSPS) is 30.0. The SMILES string of the molecule is [2H]C1c2ccccc2OC1([2H])c1ccccc1. The van der Waals surface area contributed by atoms with Crippen molar-refractivity contribution < 1.29 is 7.48 Å². The summed E-state index contributed by atoms with van der Waals surface area (Å²) in [6.07, 6.45) is -2.04. The van der Waals surface area contributed by atoms with Gasteiger partial charge >= 0.3 is 0 Å². The van der Waals surface area contributed by atoms with Crippen molar-refractivity contribution in [2.75, 3.05) is 0 Å². The van der Waals surface area contributed by atoms with Crippen molar-refractivity contribution in [2.45, 2.75) is 12.5 Å². The molecule has 1 nitrogen and oxygen atoms in total. The van der Waals surface area contributed by atoms with Crippen molar-refractivity contribution in [1.82, 2.24) is 0 Å². The summed E-state index contributed by atoms with van der Waals surface area (Å²) < 4.78 is 22.3. The first-order chi connectivity index (χ1) is 8.22. The summed E-state index contributed by atoms with van der Waals surface area (Å²) in [4.78, 5) is 0. The van der Waals surface area contributed by atoms with E-state index in [0.29, 0.717) is 5.75 Å². The van der Waals surface area contributed by atoms with Crippen molar-refractivity contribution in [3.8, 4) is 5.75 Å². The zero-order chi connectivity index (χ0) is 11.9. The van der Waals surface area contributed by atoms with E-state index in [1.54, 1.807) is 0 Å². The second-order valence-electron chi connectivity index (χ2n) is 3.51. The Balaban J connectivity index is 2.09. The molecule has 1 aliphatic heterocycles. The highest BCUT2D eigenvalue weighted by atomic mass is 16.5. The lowest BCUT2D eigenvalue weighted by Crippen LogP contribution is -2.02. The van der Waals surface area contributed by atoms with Crippen LogP contribution in [0.15, 0.2) is 54.6 Å². The van der Waals surface area contributed by atoms with Crippen LogP contribution in [-0.4, -0.2) is 0 Å².